The van der Waals surface area contributed by atoms with Crippen molar-refractivity contribution < 1.29 is 19.4 Å². The number of benzene rings is 3. The van der Waals surface area contributed by atoms with Gasteiger partial charge in [0, 0.05) is 21.2 Å². The van der Waals surface area contributed by atoms with E-state index in [4.69, 9.17) is 32.7 Å². The average molecular weight is 445 g/mol. The summed E-state index contributed by atoms with van der Waals surface area (Å²) in [4.78, 5) is 12.6. The van der Waals surface area contributed by atoms with Crippen LogP contribution in [-0.4, -0.2) is 24.3 Å². The largest absolute Gasteiger partial charge is 0.504 e. The minimum atomic E-state index is -0.466. The number of carbonyl (C=O) groups is 1. The van der Waals surface area contributed by atoms with Crippen molar-refractivity contribution >= 4 is 35.3 Å². The van der Waals surface area contributed by atoms with Crippen LogP contribution in [0.25, 0.3) is 0 Å². The van der Waals surface area contributed by atoms with E-state index in [-0.39, 0.29) is 12.4 Å². The first-order valence-electron chi connectivity index (χ1n) is 8.84. The average Bonchev–Trinajstić information content (AvgIpc) is 2.74. The number of nitrogens with one attached hydrogen (secondary N) is 1. The number of nitrogens with zero attached hydrogens (tertiary/aromatic N) is 1. The first kappa shape index (κ1) is 21.5. The Morgan fingerprint density at radius 1 is 1.10 bits per heavy atom. The van der Waals surface area contributed by atoms with E-state index in [1.54, 1.807) is 60.7 Å². The van der Waals surface area contributed by atoms with Crippen LogP contribution < -0.4 is 14.9 Å². The van der Waals surface area contributed by atoms with Gasteiger partial charge in [0.25, 0.3) is 5.91 Å². The van der Waals surface area contributed by atoms with E-state index in [2.05, 4.69) is 10.5 Å². The van der Waals surface area contributed by atoms with Crippen molar-refractivity contribution in [2.45, 2.75) is 6.61 Å². The highest BCUT2D eigenvalue weighted by Gasteiger charge is 2.13. The predicted molar refractivity (Wildman–Crippen MR) is 117 cm³/mol. The molecular weight excluding hydrogens is 427 g/mol. The monoisotopic (exact) mass is 444 g/mol. The van der Waals surface area contributed by atoms with E-state index in [1.165, 1.54) is 13.3 Å². The van der Waals surface area contributed by atoms with Crippen LogP contribution in [0.1, 0.15) is 21.5 Å². The van der Waals surface area contributed by atoms with Crippen LogP contribution in [0.2, 0.25) is 10.0 Å². The lowest BCUT2D eigenvalue weighted by atomic mass is 10.2. The number of hydrazone groups is 1. The summed E-state index contributed by atoms with van der Waals surface area (Å²) in [6.07, 6.45) is 1.33. The number of hydrogen-bond donors (Lipinski definition) is 2. The van der Waals surface area contributed by atoms with Gasteiger partial charge in [-0.15, -0.1) is 0 Å². The fraction of sp³-hybridized carbons (Fsp3) is 0.0909. The highest BCUT2D eigenvalue weighted by Crippen LogP contribution is 2.28. The zero-order chi connectivity index (χ0) is 21.5. The Bertz CT molecular complexity index is 1090. The standard InChI is InChI=1S/C22H18Cl2N2O4/c1-29-20-8-4-5-14(21(20)27)12-25-26-22(28)17-6-2-3-7-19(17)30-13-15-9-10-16(23)11-18(15)24/h2-12,27H,13H2,1H3,(H,26,28)/b25-12+. The van der Waals surface area contributed by atoms with Crippen LogP contribution in [0.4, 0.5) is 0 Å². The molecule has 0 aromatic heterocycles. The normalized spacial score (nSPS) is 10.8. The van der Waals surface area contributed by atoms with E-state index in [0.717, 1.165) is 5.56 Å². The van der Waals surface area contributed by atoms with E-state index >= 15 is 0 Å². The molecule has 0 fully saturated rings. The van der Waals surface area contributed by atoms with Crippen molar-refractivity contribution in [2.24, 2.45) is 5.10 Å². The molecule has 0 atom stereocenters. The molecule has 0 saturated heterocycles. The second-order valence-corrected chi connectivity index (χ2v) is 6.96. The lowest BCUT2D eigenvalue weighted by Gasteiger charge is -2.11. The number of rotatable bonds is 7. The third kappa shape index (κ3) is 5.23. The summed E-state index contributed by atoms with van der Waals surface area (Å²) in [6, 6.07) is 16.8. The molecule has 3 aromatic rings. The van der Waals surface area contributed by atoms with Gasteiger partial charge in [0.05, 0.1) is 18.9 Å². The maximum atomic E-state index is 12.6. The molecule has 0 aliphatic heterocycles. The topological polar surface area (TPSA) is 80.2 Å². The molecule has 0 aliphatic rings. The van der Waals surface area contributed by atoms with Gasteiger partial charge in [0.2, 0.25) is 0 Å². The van der Waals surface area contributed by atoms with Gasteiger partial charge in [-0.2, -0.15) is 5.10 Å². The fourth-order valence-electron chi connectivity index (χ4n) is 2.60. The van der Waals surface area contributed by atoms with Gasteiger partial charge in [-0.05, 0) is 36.4 Å². The van der Waals surface area contributed by atoms with Gasteiger partial charge in [0.1, 0.15) is 12.4 Å². The van der Waals surface area contributed by atoms with Crippen molar-refractivity contribution in [3.63, 3.8) is 0 Å². The summed E-state index contributed by atoms with van der Waals surface area (Å²) in [5, 5.41) is 15.0. The first-order chi connectivity index (χ1) is 14.5. The second-order valence-electron chi connectivity index (χ2n) is 6.12. The molecule has 0 radical (unpaired) electrons. The summed E-state index contributed by atoms with van der Waals surface area (Å²) in [5.41, 5.74) is 3.86. The number of hydrogen-bond acceptors (Lipinski definition) is 5. The summed E-state index contributed by atoms with van der Waals surface area (Å²) in [7, 11) is 1.45. The predicted octanol–water partition coefficient (Wildman–Crippen LogP) is 5.05. The molecule has 0 bridgehead atoms. The lowest BCUT2D eigenvalue weighted by Crippen LogP contribution is -2.18. The van der Waals surface area contributed by atoms with Crippen molar-refractivity contribution in [1.82, 2.24) is 5.43 Å². The molecule has 0 heterocycles. The van der Waals surface area contributed by atoms with Crippen molar-refractivity contribution in [1.29, 1.82) is 0 Å². The van der Waals surface area contributed by atoms with Crippen LogP contribution in [0.5, 0.6) is 17.2 Å². The third-order valence-corrected chi connectivity index (χ3v) is 4.74. The van der Waals surface area contributed by atoms with Crippen LogP contribution in [-0.2, 0) is 6.61 Å². The van der Waals surface area contributed by atoms with Gasteiger partial charge in [0.15, 0.2) is 11.5 Å². The minimum absolute atomic E-state index is 0.0680. The molecule has 6 nitrogen and oxygen atoms in total. The van der Waals surface area contributed by atoms with Gasteiger partial charge in [-0.25, -0.2) is 5.43 Å². The maximum Gasteiger partial charge on any atom is 0.275 e. The summed E-state index contributed by atoms with van der Waals surface area (Å²) in [6.45, 7) is 0.168. The smallest absolute Gasteiger partial charge is 0.275 e. The molecule has 0 saturated carbocycles. The van der Waals surface area contributed by atoms with Crippen LogP contribution in [0, 0.1) is 0 Å². The second kappa shape index (κ2) is 10.0. The van der Waals surface area contributed by atoms with E-state index in [9.17, 15) is 9.90 Å². The number of phenolic OH excluding ortho intramolecular Hbond substituents is 1. The molecule has 30 heavy (non-hydrogen) atoms. The third-order valence-electron chi connectivity index (χ3n) is 4.15. The Hall–Kier alpha value is -3.22. The molecule has 0 spiro atoms. The molecule has 2 N–H and O–H groups in total. The number of ether oxygens (including phenoxy) is 2. The molecule has 3 rings (SSSR count). The summed E-state index contributed by atoms with van der Waals surface area (Å²) < 4.78 is 10.8. The summed E-state index contributed by atoms with van der Waals surface area (Å²) in [5.74, 6) is 0.151. The van der Waals surface area contributed by atoms with Gasteiger partial charge < -0.3 is 14.6 Å². The Morgan fingerprint density at radius 2 is 1.87 bits per heavy atom. The van der Waals surface area contributed by atoms with E-state index in [1.807, 2.05) is 0 Å². The Kier molecular flexibility index (Phi) is 7.17. The van der Waals surface area contributed by atoms with Crippen LogP contribution >= 0.6 is 23.2 Å². The summed E-state index contributed by atoms with van der Waals surface area (Å²) >= 11 is 12.1. The van der Waals surface area contributed by atoms with Gasteiger partial charge >= 0.3 is 0 Å². The van der Waals surface area contributed by atoms with Crippen LogP contribution in [0.15, 0.2) is 65.8 Å². The molecule has 3 aromatic carbocycles. The lowest BCUT2D eigenvalue weighted by molar-refractivity contribution is 0.0950. The number of methoxy groups -OCH3 is 1. The molecule has 1 amide bonds. The van der Waals surface area contributed by atoms with Gasteiger partial charge in [-0.1, -0.05) is 47.5 Å². The van der Waals surface area contributed by atoms with Crippen molar-refractivity contribution in [2.75, 3.05) is 7.11 Å². The van der Waals surface area contributed by atoms with Crippen molar-refractivity contribution in [3.05, 3.63) is 87.4 Å². The van der Waals surface area contributed by atoms with Crippen molar-refractivity contribution in [3.8, 4) is 17.2 Å². The number of para-hydroxylation sites is 2. The van der Waals surface area contributed by atoms with Gasteiger partial charge in [-0.3, -0.25) is 4.79 Å². The zero-order valence-electron chi connectivity index (χ0n) is 15.9. The molecule has 8 heteroatoms. The molecular formula is C22H18Cl2N2O4. The fourth-order valence-corrected chi connectivity index (χ4v) is 3.07. The number of aromatic hydroxyl groups is 1. The number of carbonyl (C=O) groups excluding carboxylic acids is 1. The number of amides is 1. The Labute approximate surface area is 183 Å². The highest BCUT2D eigenvalue weighted by atomic mass is 35.5. The SMILES string of the molecule is COc1cccc(/C=N/NC(=O)c2ccccc2OCc2ccc(Cl)cc2Cl)c1O. The van der Waals surface area contributed by atoms with E-state index in [0.29, 0.717) is 32.7 Å². The molecule has 0 aliphatic carbocycles. The zero-order valence-corrected chi connectivity index (χ0v) is 17.4. The first-order valence-corrected chi connectivity index (χ1v) is 9.60. The molecule has 154 valence electrons. The minimum Gasteiger partial charge on any atom is -0.504 e. The quantitative estimate of drug-likeness (QED) is 0.394. The highest BCUT2D eigenvalue weighted by molar-refractivity contribution is 6.35. The number of halogens is 2. The van der Waals surface area contributed by atoms with E-state index < -0.39 is 5.91 Å². The Balaban J connectivity index is 1.69. The molecule has 0 unspecified atom stereocenters. The Morgan fingerprint density at radius 3 is 2.63 bits per heavy atom. The maximum absolute atomic E-state index is 12.6. The number of phenols is 1. The van der Waals surface area contributed by atoms with Crippen LogP contribution in [0.3, 0.4) is 0 Å².